The normalized spacial score (nSPS) is 16.1. The van der Waals surface area contributed by atoms with Crippen LogP contribution >= 0.6 is 11.3 Å². The number of fused-ring (bicyclic) bond motifs is 1. The Balaban J connectivity index is 1.27. The van der Waals surface area contributed by atoms with Crippen LogP contribution in [0.15, 0.2) is 47.8 Å². The smallest absolute Gasteiger partial charge is 0.323 e. The van der Waals surface area contributed by atoms with Crippen molar-refractivity contribution >= 4 is 28.9 Å². The first-order chi connectivity index (χ1) is 14.7. The molecule has 4 heterocycles. The SMILES string of the molecule is Nc1ccc(-c2cccs2)nc1NC(=O)N1Cc2ccc(CN3CCCC3)cc2C1. The van der Waals surface area contributed by atoms with Crippen LogP contribution < -0.4 is 11.1 Å². The van der Waals surface area contributed by atoms with E-state index in [1.54, 1.807) is 17.4 Å². The van der Waals surface area contributed by atoms with E-state index < -0.39 is 0 Å². The molecule has 0 saturated carbocycles. The Morgan fingerprint density at radius 2 is 1.93 bits per heavy atom. The molecule has 30 heavy (non-hydrogen) atoms. The first-order valence-corrected chi connectivity index (χ1v) is 11.2. The Morgan fingerprint density at radius 3 is 2.73 bits per heavy atom. The molecule has 2 aliphatic heterocycles. The van der Waals surface area contributed by atoms with E-state index in [-0.39, 0.29) is 6.03 Å². The average molecular weight is 420 g/mol. The third-order valence-electron chi connectivity index (χ3n) is 5.81. The van der Waals surface area contributed by atoms with Crippen LogP contribution in [-0.2, 0) is 19.6 Å². The second kappa shape index (κ2) is 8.08. The van der Waals surface area contributed by atoms with E-state index >= 15 is 0 Å². The lowest BCUT2D eigenvalue weighted by molar-refractivity contribution is 0.212. The largest absolute Gasteiger partial charge is 0.396 e. The number of nitrogens with zero attached hydrogens (tertiary/aromatic N) is 3. The Morgan fingerprint density at radius 1 is 1.10 bits per heavy atom. The number of anilines is 2. The number of rotatable bonds is 4. The third-order valence-corrected chi connectivity index (χ3v) is 6.70. The summed E-state index contributed by atoms with van der Waals surface area (Å²) in [6.07, 6.45) is 2.59. The van der Waals surface area contributed by atoms with Gasteiger partial charge in [0.05, 0.1) is 16.3 Å². The van der Waals surface area contributed by atoms with Gasteiger partial charge in [-0.1, -0.05) is 24.3 Å². The van der Waals surface area contributed by atoms with Crippen LogP contribution in [0.2, 0.25) is 0 Å². The maximum atomic E-state index is 12.9. The van der Waals surface area contributed by atoms with Crippen LogP contribution in [0, 0.1) is 0 Å². The molecule has 2 amide bonds. The van der Waals surface area contributed by atoms with Crippen LogP contribution in [0.1, 0.15) is 29.5 Å². The Hall–Kier alpha value is -2.90. The zero-order valence-electron chi connectivity index (χ0n) is 16.8. The van der Waals surface area contributed by atoms with Gasteiger partial charge in [0.25, 0.3) is 0 Å². The number of nitrogen functional groups attached to an aromatic ring is 1. The van der Waals surface area contributed by atoms with Gasteiger partial charge in [-0.3, -0.25) is 10.2 Å². The Labute approximate surface area is 180 Å². The lowest BCUT2D eigenvalue weighted by Crippen LogP contribution is -2.30. The number of likely N-dealkylation sites (tertiary alicyclic amines) is 1. The minimum atomic E-state index is -0.171. The van der Waals surface area contributed by atoms with E-state index in [2.05, 4.69) is 33.4 Å². The molecular formula is C23H25N5OS. The molecule has 0 bridgehead atoms. The second-order valence-electron chi connectivity index (χ2n) is 7.98. The van der Waals surface area contributed by atoms with E-state index in [0.29, 0.717) is 24.6 Å². The summed E-state index contributed by atoms with van der Waals surface area (Å²) in [6.45, 7) is 4.58. The number of benzene rings is 1. The second-order valence-corrected chi connectivity index (χ2v) is 8.93. The van der Waals surface area contributed by atoms with E-state index in [4.69, 9.17) is 5.73 Å². The molecule has 0 aliphatic carbocycles. The molecule has 3 N–H and O–H groups in total. The molecule has 2 aliphatic rings. The maximum absolute atomic E-state index is 12.9. The lowest BCUT2D eigenvalue weighted by Gasteiger charge is -2.17. The van der Waals surface area contributed by atoms with Gasteiger partial charge >= 0.3 is 6.03 Å². The van der Waals surface area contributed by atoms with Gasteiger partial charge < -0.3 is 10.6 Å². The summed E-state index contributed by atoms with van der Waals surface area (Å²) >= 11 is 1.61. The van der Waals surface area contributed by atoms with Gasteiger partial charge in [0, 0.05) is 19.6 Å². The number of carbonyl (C=O) groups is 1. The van der Waals surface area contributed by atoms with Gasteiger partial charge in [-0.15, -0.1) is 11.3 Å². The standard InChI is InChI=1S/C23H25N5OS/c24-19-7-8-20(21-4-3-11-30-21)25-22(19)26-23(29)28-14-17-6-5-16(12-18(17)15-28)13-27-9-1-2-10-27/h3-8,11-12H,1-2,9-10,13-15,24H2,(H,25,26,29). The number of thiophene rings is 1. The van der Waals surface area contributed by atoms with E-state index in [9.17, 15) is 4.79 Å². The number of hydrogen-bond donors (Lipinski definition) is 2. The quantitative estimate of drug-likeness (QED) is 0.651. The summed E-state index contributed by atoms with van der Waals surface area (Å²) in [5.41, 5.74) is 11.1. The van der Waals surface area contributed by atoms with Gasteiger partial charge in [0.1, 0.15) is 0 Å². The van der Waals surface area contributed by atoms with E-state index in [1.165, 1.54) is 42.6 Å². The van der Waals surface area contributed by atoms with Crippen LogP contribution in [0.25, 0.3) is 10.6 Å². The fourth-order valence-electron chi connectivity index (χ4n) is 4.20. The predicted molar refractivity (Wildman–Crippen MR) is 121 cm³/mol. The molecule has 0 spiro atoms. The molecule has 3 aromatic rings. The van der Waals surface area contributed by atoms with E-state index in [1.807, 2.05) is 28.5 Å². The number of pyridine rings is 1. The van der Waals surface area contributed by atoms with Gasteiger partial charge in [-0.05, 0) is 66.2 Å². The van der Waals surface area contributed by atoms with Gasteiger partial charge in [-0.25, -0.2) is 9.78 Å². The van der Waals surface area contributed by atoms with Crippen molar-refractivity contribution in [1.29, 1.82) is 0 Å². The van der Waals surface area contributed by atoms with Crippen LogP contribution in [-0.4, -0.2) is 33.9 Å². The Bertz CT molecular complexity index is 1060. The molecule has 0 radical (unpaired) electrons. The van der Waals surface area contributed by atoms with Crippen LogP contribution in [0.4, 0.5) is 16.3 Å². The summed E-state index contributed by atoms with van der Waals surface area (Å²) in [5, 5.41) is 4.91. The highest BCUT2D eigenvalue weighted by atomic mass is 32.1. The van der Waals surface area contributed by atoms with Crippen molar-refractivity contribution in [3.05, 3.63) is 64.5 Å². The minimum Gasteiger partial charge on any atom is -0.396 e. The van der Waals surface area contributed by atoms with E-state index in [0.717, 1.165) is 17.1 Å². The molecule has 154 valence electrons. The average Bonchev–Trinajstić information content (AvgIpc) is 3.51. The van der Waals surface area contributed by atoms with Crippen molar-refractivity contribution in [2.75, 3.05) is 24.1 Å². The predicted octanol–water partition coefficient (Wildman–Crippen LogP) is 4.54. The zero-order chi connectivity index (χ0) is 20.5. The van der Waals surface area contributed by atoms with Crippen LogP contribution in [0.5, 0.6) is 0 Å². The molecule has 1 fully saturated rings. The molecule has 7 heteroatoms. The fourth-order valence-corrected chi connectivity index (χ4v) is 4.90. The van der Waals surface area contributed by atoms with Gasteiger partial charge in [0.2, 0.25) is 0 Å². The summed E-state index contributed by atoms with van der Waals surface area (Å²) < 4.78 is 0. The zero-order valence-corrected chi connectivity index (χ0v) is 17.6. The van der Waals surface area contributed by atoms with Crippen molar-refractivity contribution in [1.82, 2.24) is 14.8 Å². The highest BCUT2D eigenvalue weighted by Gasteiger charge is 2.25. The van der Waals surface area contributed by atoms with Crippen molar-refractivity contribution in [2.45, 2.75) is 32.5 Å². The van der Waals surface area contributed by atoms with Crippen molar-refractivity contribution in [3.63, 3.8) is 0 Å². The summed E-state index contributed by atoms with van der Waals surface area (Å²) in [7, 11) is 0. The first-order valence-electron chi connectivity index (χ1n) is 10.3. The summed E-state index contributed by atoms with van der Waals surface area (Å²) in [5.74, 6) is 0.413. The maximum Gasteiger partial charge on any atom is 0.323 e. The molecular weight excluding hydrogens is 394 g/mol. The molecule has 0 atom stereocenters. The lowest BCUT2D eigenvalue weighted by atomic mass is 10.1. The van der Waals surface area contributed by atoms with Crippen molar-refractivity contribution in [2.24, 2.45) is 0 Å². The third kappa shape index (κ3) is 3.91. The van der Waals surface area contributed by atoms with Gasteiger partial charge in [-0.2, -0.15) is 0 Å². The van der Waals surface area contributed by atoms with Crippen molar-refractivity contribution < 1.29 is 4.79 Å². The highest BCUT2D eigenvalue weighted by molar-refractivity contribution is 7.13. The number of amides is 2. The summed E-state index contributed by atoms with van der Waals surface area (Å²) in [4.78, 5) is 22.8. The number of nitrogens with two attached hydrogens (primary N) is 1. The first kappa shape index (κ1) is 19.1. The molecule has 6 nitrogen and oxygen atoms in total. The molecule has 5 rings (SSSR count). The van der Waals surface area contributed by atoms with Gasteiger partial charge in [0.15, 0.2) is 5.82 Å². The fraction of sp³-hybridized carbons (Fsp3) is 0.304. The number of urea groups is 1. The highest BCUT2D eigenvalue weighted by Crippen LogP contribution is 2.29. The number of nitrogens with one attached hydrogen (secondary N) is 1. The number of hydrogen-bond acceptors (Lipinski definition) is 5. The topological polar surface area (TPSA) is 74.5 Å². The summed E-state index contributed by atoms with van der Waals surface area (Å²) in [6, 6.07) is 14.1. The number of carbonyl (C=O) groups excluding carboxylic acids is 1. The number of aromatic nitrogens is 1. The molecule has 1 saturated heterocycles. The minimum absolute atomic E-state index is 0.171. The molecule has 1 aromatic carbocycles. The molecule has 2 aromatic heterocycles. The van der Waals surface area contributed by atoms with Crippen molar-refractivity contribution in [3.8, 4) is 10.6 Å². The Kier molecular flexibility index (Phi) is 5.14. The molecule has 0 unspecified atom stereocenters. The monoisotopic (exact) mass is 419 g/mol. The van der Waals surface area contributed by atoms with Crippen LogP contribution in [0.3, 0.4) is 0 Å².